The van der Waals surface area contributed by atoms with Crippen LogP contribution in [0, 0.1) is 0 Å². The highest BCUT2D eigenvalue weighted by Gasteiger charge is 2.06. The molecule has 0 saturated carbocycles. The van der Waals surface area contributed by atoms with Crippen molar-refractivity contribution in [2.24, 2.45) is 0 Å². The Hall–Kier alpha value is -0.650. The number of rotatable bonds is 10. The molecule has 0 aliphatic carbocycles. The van der Waals surface area contributed by atoms with Crippen LogP contribution in [0.15, 0.2) is 0 Å². The van der Waals surface area contributed by atoms with Crippen LogP contribution in [-0.2, 0) is 14.3 Å². The molecule has 0 aromatic carbocycles. The van der Waals surface area contributed by atoms with Crippen molar-refractivity contribution in [2.75, 3.05) is 39.5 Å². The van der Waals surface area contributed by atoms with E-state index in [1.165, 1.54) is 0 Å². The van der Waals surface area contributed by atoms with Crippen LogP contribution in [0.3, 0.4) is 0 Å². The average molecular weight is 232 g/mol. The molecule has 0 fully saturated rings. The first kappa shape index (κ1) is 15.3. The van der Waals surface area contributed by atoms with Crippen LogP contribution in [0.2, 0.25) is 0 Å². The van der Waals surface area contributed by atoms with Gasteiger partial charge in [0, 0.05) is 18.6 Å². The van der Waals surface area contributed by atoms with Crippen molar-refractivity contribution in [1.29, 1.82) is 0 Å². The number of carbonyl (C=O) groups is 1. The van der Waals surface area contributed by atoms with Gasteiger partial charge in [-0.05, 0) is 20.8 Å². The van der Waals surface area contributed by atoms with E-state index >= 15 is 0 Å². The Morgan fingerprint density at radius 2 is 1.56 bits per heavy atom. The summed E-state index contributed by atoms with van der Waals surface area (Å²) in [5, 5.41) is 5.85. The fraction of sp³-hybridized carbons (Fsp3) is 0.909. The van der Waals surface area contributed by atoms with Crippen LogP contribution in [0.4, 0.5) is 0 Å². The Bertz CT molecular complexity index is 169. The molecule has 16 heavy (non-hydrogen) atoms. The third-order valence-corrected chi connectivity index (χ3v) is 1.75. The van der Waals surface area contributed by atoms with Crippen molar-refractivity contribution in [2.45, 2.75) is 26.3 Å². The molecule has 5 nitrogen and oxygen atoms in total. The minimum atomic E-state index is 0.139. The maximum Gasteiger partial charge on any atom is 0.207 e. The molecule has 0 spiro atoms. The smallest absolute Gasteiger partial charge is 0.207 e. The number of hydrogen-bond acceptors (Lipinski definition) is 4. The molecule has 0 rings (SSSR count). The van der Waals surface area contributed by atoms with E-state index in [1.54, 1.807) is 0 Å². The predicted molar refractivity (Wildman–Crippen MR) is 63.5 cm³/mol. The van der Waals surface area contributed by atoms with E-state index in [9.17, 15) is 4.79 Å². The standard InChI is InChI=1S/C11H24N2O3/c1-11(2,3)13-5-7-16-9-8-15-6-4-12-10-14/h10,13H,4-9H2,1-3H3,(H,12,14). The van der Waals surface area contributed by atoms with Crippen molar-refractivity contribution in [3.05, 3.63) is 0 Å². The predicted octanol–water partition coefficient (Wildman–Crippen LogP) is 0.154. The van der Waals surface area contributed by atoms with E-state index in [2.05, 4.69) is 31.4 Å². The molecule has 0 unspecified atom stereocenters. The van der Waals surface area contributed by atoms with Crippen molar-refractivity contribution in [3.8, 4) is 0 Å². The lowest BCUT2D eigenvalue weighted by Gasteiger charge is -2.20. The fourth-order valence-electron chi connectivity index (χ4n) is 1.01. The highest BCUT2D eigenvalue weighted by atomic mass is 16.5. The van der Waals surface area contributed by atoms with Crippen molar-refractivity contribution in [3.63, 3.8) is 0 Å². The lowest BCUT2D eigenvalue weighted by atomic mass is 10.1. The second-order valence-corrected chi connectivity index (χ2v) is 4.47. The normalized spacial score (nSPS) is 11.4. The zero-order valence-electron chi connectivity index (χ0n) is 10.5. The van der Waals surface area contributed by atoms with Gasteiger partial charge in [0.15, 0.2) is 0 Å². The Morgan fingerprint density at radius 3 is 2.06 bits per heavy atom. The van der Waals surface area contributed by atoms with Gasteiger partial charge >= 0.3 is 0 Å². The SMILES string of the molecule is CC(C)(C)NCCOCCOCCNC=O. The highest BCUT2D eigenvalue weighted by Crippen LogP contribution is 1.96. The summed E-state index contributed by atoms with van der Waals surface area (Å²) in [5.41, 5.74) is 0.139. The van der Waals surface area contributed by atoms with Crippen LogP contribution in [0.1, 0.15) is 20.8 Å². The van der Waals surface area contributed by atoms with Gasteiger partial charge in [-0.15, -0.1) is 0 Å². The summed E-state index contributed by atoms with van der Waals surface area (Å²) in [6.45, 7) is 10.1. The molecule has 0 atom stereocenters. The number of ether oxygens (including phenoxy) is 2. The van der Waals surface area contributed by atoms with Crippen molar-refractivity contribution >= 4 is 6.41 Å². The lowest BCUT2D eigenvalue weighted by Crippen LogP contribution is -2.38. The van der Waals surface area contributed by atoms with Crippen LogP contribution >= 0.6 is 0 Å². The van der Waals surface area contributed by atoms with Crippen LogP contribution in [0.5, 0.6) is 0 Å². The monoisotopic (exact) mass is 232 g/mol. The first-order chi connectivity index (χ1) is 7.56. The molecule has 96 valence electrons. The Balaban J connectivity index is 3.01. The van der Waals surface area contributed by atoms with Gasteiger partial charge in [0.25, 0.3) is 0 Å². The number of carbonyl (C=O) groups excluding carboxylic acids is 1. The first-order valence-corrected chi connectivity index (χ1v) is 5.64. The van der Waals surface area contributed by atoms with E-state index in [1.807, 2.05) is 0 Å². The molecule has 0 aromatic heterocycles. The quantitative estimate of drug-likeness (QED) is 0.416. The first-order valence-electron chi connectivity index (χ1n) is 5.64. The second-order valence-electron chi connectivity index (χ2n) is 4.47. The largest absolute Gasteiger partial charge is 0.378 e. The molecule has 5 heteroatoms. The zero-order valence-corrected chi connectivity index (χ0v) is 10.5. The molecular formula is C11H24N2O3. The summed E-state index contributed by atoms with van der Waals surface area (Å²) in [6.07, 6.45) is 0.665. The van der Waals surface area contributed by atoms with Gasteiger partial charge in [-0.2, -0.15) is 0 Å². The third kappa shape index (κ3) is 13.4. The van der Waals surface area contributed by atoms with Crippen LogP contribution in [0.25, 0.3) is 0 Å². The minimum Gasteiger partial charge on any atom is -0.378 e. The molecule has 2 N–H and O–H groups in total. The fourth-order valence-corrected chi connectivity index (χ4v) is 1.01. The number of amides is 1. The number of hydrogen-bond donors (Lipinski definition) is 2. The van der Waals surface area contributed by atoms with E-state index in [0.29, 0.717) is 39.4 Å². The van der Waals surface area contributed by atoms with Crippen LogP contribution < -0.4 is 10.6 Å². The summed E-state index contributed by atoms with van der Waals surface area (Å²) in [7, 11) is 0. The molecule has 0 saturated heterocycles. The van der Waals surface area contributed by atoms with Crippen molar-refractivity contribution < 1.29 is 14.3 Å². The molecular weight excluding hydrogens is 208 g/mol. The van der Waals surface area contributed by atoms with Gasteiger partial charge in [0.1, 0.15) is 0 Å². The van der Waals surface area contributed by atoms with Gasteiger partial charge in [0.2, 0.25) is 6.41 Å². The summed E-state index contributed by atoms with van der Waals surface area (Å²) >= 11 is 0. The van der Waals surface area contributed by atoms with E-state index in [4.69, 9.17) is 9.47 Å². The molecule has 0 aliphatic rings. The Morgan fingerprint density at radius 1 is 1.00 bits per heavy atom. The average Bonchev–Trinajstić information content (AvgIpc) is 2.19. The van der Waals surface area contributed by atoms with Gasteiger partial charge in [-0.25, -0.2) is 0 Å². The maximum absolute atomic E-state index is 9.89. The van der Waals surface area contributed by atoms with Gasteiger partial charge in [-0.3, -0.25) is 4.79 Å². The maximum atomic E-state index is 9.89. The van der Waals surface area contributed by atoms with Gasteiger partial charge < -0.3 is 20.1 Å². The zero-order chi connectivity index (χ0) is 12.3. The van der Waals surface area contributed by atoms with Gasteiger partial charge in [-0.1, -0.05) is 0 Å². The molecule has 0 bridgehead atoms. The second kappa shape index (κ2) is 9.57. The summed E-state index contributed by atoms with van der Waals surface area (Å²) in [5.74, 6) is 0. The molecule has 0 aromatic rings. The highest BCUT2D eigenvalue weighted by molar-refractivity contribution is 5.45. The van der Waals surface area contributed by atoms with E-state index < -0.39 is 0 Å². The van der Waals surface area contributed by atoms with E-state index in [-0.39, 0.29) is 5.54 Å². The number of nitrogens with one attached hydrogen (secondary N) is 2. The molecule has 0 radical (unpaired) electrons. The Labute approximate surface area is 97.9 Å². The molecule has 0 aliphatic heterocycles. The molecule has 1 amide bonds. The van der Waals surface area contributed by atoms with Crippen LogP contribution in [-0.4, -0.2) is 51.5 Å². The van der Waals surface area contributed by atoms with E-state index in [0.717, 1.165) is 6.54 Å². The summed E-state index contributed by atoms with van der Waals surface area (Å²) in [4.78, 5) is 9.89. The topological polar surface area (TPSA) is 59.6 Å². The summed E-state index contributed by atoms with van der Waals surface area (Å²) in [6, 6.07) is 0. The third-order valence-electron chi connectivity index (χ3n) is 1.75. The molecule has 0 heterocycles. The summed E-state index contributed by atoms with van der Waals surface area (Å²) < 4.78 is 10.6. The Kier molecular flexibility index (Phi) is 9.18. The minimum absolute atomic E-state index is 0.139. The van der Waals surface area contributed by atoms with Gasteiger partial charge in [0.05, 0.1) is 26.4 Å². The van der Waals surface area contributed by atoms with Crippen molar-refractivity contribution in [1.82, 2.24) is 10.6 Å². The lowest BCUT2D eigenvalue weighted by molar-refractivity contribution is -0.109.